The first kappa shape index (κ1) is 14.3. The Morgan fingerprint density at radius 3 is 2.33 bits per heavy atom. The highest BCUT2D eigenvalue weighted by molar-refractivity contribution is 4.86. The molecular weight excluding hydrogens is 222 g/mol. The molecule has 2 rings (SSSR count). The maximum atomic E-state index is 3.72. The van der Waals surface area contributed by atoms with Gasteiger partial charge in [0.25, 0.3) is 0 Å². The topological polar surface area (TPSA) is 18.5 Å². The van der Waals surface area contributed by atoms with Crippen LogP contribution in [0.4, 0.5) is 0 Å². The summed E-state index contributed by atoms with van der Waals surface area (Å²) in [6.07, 6.45) is 8.16. The van der Waals surface area contributed by atoms with Gasteiger partial charge >= 0.3 is 0 Å². The summed E-state index contributed by atoms with van der Waals surface area (Å²) in [5.41, 5.74) is 0. The Labute approximate surface area is 113 Å². The highest BCUT2D eigenvalue weighted by Crippen LogP contribution is 2.21. The SMILES string of the molecule is CCCC(CNC1CC1)N1CCC(N(C)C)CC1. The van der Waals surface area contributed by atoms with Gasteiger partial charge in [0.1, 0.15) is 0 Å². The molecule has 0 radical (unpaired) electrons. The molecule has 1 aliphatic carbocycles. The van der Waals surface area contributed by atoms with E-state index in [4.69, 9.17) is 0 Å². The summed E-state index contributed by atoms with van der Waals surface area (Å²) in [4.78, 5) is 5.13. The van der Waals surface area contributed by atoms with Crippen molar-refractivity contribution in [2.24, 2.45) is 0 Å². The molecule has 1 atom stereocenters. The number of hydrogen-bond donors (Lipinski definition) is 1. The summed E-state index contributed by atoms with van der Waals surface area (Å²) in [6.45, 7) is 6.11. The molecule has 106 valence electrons. The molecule has 1 saturated carbocycles. The summed E-state index contributed by atoms with van der Waals surface area (Å²) in [5.74, 6) is 0. The van der Waals surface area contributed by atoms with Crippen LogP contribution in [0.25, 0.3) is 0 Å². The highest BCUT2D eigenvalue weighted by Gasteiger charge is 2.27. The van der Waals surface area contributed by atoms with Gasteiger partial charge < -0.3 is 10.2 Å². The van der Waals surface area contributed by atoms with Crippen LogP contribution in [0.5, 0.6) is 0 Å². The van der Waals surface area contributed by atoms with Crippen molar-refractivity contribution in [2.45, 2.75) is 63.6 Å². The number of rotatable bonds is 7. The van der Waals surface area contributed by atoms with E-state index in [9.17, 15) is 0 Å². The maximum absolute atomic E-state index is 3.72. The van der Waals surface area contributed by atoms with Crippen LogP contribution in [0.3, 0.4) is 0 Å². The Bertz CT molecular complexity index is 230. The fourth-order valence-electron chi connectivity index (χ4n) is 3.10. The minimum absolute atomic E-state index is 0.777. The number of likely N-dealkylation sites (tertiary alicyclic amines) is 1. The largest absolute Gasteiger partial charge is 0.312 e. The van der Waals surface area contributed by atoms with Crippen molar-refractivity contribution >= 4 is 0 Å². The van der Waals surface area contributed by atoms with E-state index in [0.717, 1.165) is 18.1 Å². The molecule has 3 nitrogen and oxygen atoms in total. The van der Waals surface area contributed by atoms with E-state index in [1.54, 1.807) is 0 Å². The highest BCUT2D eigenvalue weighted by atomic mass is 15.2. The van der Waals surface area contributed by atoms with Crippen molar-refractivity contribution in [1.29, 1.82) is 0 Å². The molecular formula is C15H31N3. The van der Waals surface area contributed by atoms with E-state index in [0.29, 0.717) is 0 Å². The van der Waals surface area contributed by atoms with Crippen LogP contribution >= 0.6 is 0 Å². The molecule has 1 N–H and O–H groups in total. The fraction of sp³-hybridized carbons (Fsp3) is 1.00. The molecule has 1 unspecified atom stereocenters. The van der Waals surface area contributed by atoms with Crippen molar-refractivity contribution in [2.75, 3.05) is 33.7 Å². The Hall–Kier alpha value is -0.120. The molecule has 3 heteroatoms. The first-order valence-electron chi connectivity index (χ1n) is 7.84. The molecule has 0 aromatic heterocycles. The lowest BCUT2D eigenvalue weighted by Crippen LogP contribution is -2.49. The Balaban J connectivity index is 1.75. The zero-order chi connectivity index (χ0) is 13.0. The number of nitrogens with one attached hydrogen (secondary N) is 1. The van der Waals surface area contributed by atoms with E-state index >= 15 is 0 Å². The second-order valence-corrected chi connectivity index (χ2v) is 6.36. The minimum Gasteiger partial charge on any atom is -0.312 e. The van der Waals surface area contributed by atoms with E-state index in [1.807, 2.05) is 0 Å². The Morgan fingerprint density at radius 2 is 1.83 bits per heavy atom. The van der Waals surface area contributed by atoms with Gasteiger partial charge in [0.15, 0.2) is 0 Å². The Morgan fingerprint density at radius 1 is 1.17 bits per heavy atom. The normalized spacial score (nSPS) is 24.7. The molecule has 0 bridgehead atoms. The third-order valence-electron chi connectivity index (χ3n) is 4.59. The van der Waals surface area contributed by atoms with Crippen LogP contribution in [0.15, 0.2) is 0 Å². The van der Waals surface area contributed by atoms with E-state index < -0.39 is 0 Å². The maximum Gasteiger partial charge on any atom is 0.0220 e. The van der Waals surface area contributed by atoms with Gasteiger partial charge in [-0.15, -0.1) is 0 Å². The Kier molecular flexibility index (Phi) is 5.46. The summed E-state index contributed by atoms with van der Waals surface area (Å²) in [7, 11) is 4.44. The van der Waals surface area contributed by atoms with Gasteiger partial charge in [-0.05, 0) is 59.3 Å². The number of piperidine rings is 1. The average Bonchev–Trinajstić information content (AvgIpc) is 3.18. The lowest BCUT2D eigenvalue weighted by molar-refractivity contribution is 0.102. The van der Waals surface area contributed by atoms with Gasteiger partial charge in [-0.1, -0.05) is 13.3 Å². The summed E-state index contributed by atoms with van der Waals surface area (Å²) >= 11 is 0. The molecule has 0 aromatic carbocycles. The van der Waals surface area contributed by atoms with Gasteiger partial charge in [0, 0.05) is 24.7 Å². The van der Waals surface area contributed by atoms with Crippen LogP contribution in [0.2, 0.25) is 0 Å². The first-order valence-corrected chi connectivity index (χ1v) is 7.84. The minimum atomic E-state index is 0.777. The monoisotopic (exact) mass is 253 g/mol. The smallest absolute Gasteiger partial charge is 0.0220 e. The van der Waals surface area contributed by atoms with Crippen LogP contribution in [-0.4, -0.2) is 61.7 Å². The van der Waals surface area contributed by atoms with E-state index in [-0.39, 0.29) is 0 Å². The summed E-state index contributed by atoms with van der Waals surface area (Å²) in [5, 5.41) is 3.72. The summed E-state index contributed by atoms with van der Waals surface area (Å²) in [6, 6.07) is 2.43. The van der Waals surface area contributed by atoms with Crippen molar-refractivity contribution in [3.63, 3.8) is 0 Å². The third kappa shape index (κ3) is 4.22. The molecule has 18 heavy (non-hydrogen) atoms. The number of nitrogens with zero attached hydrogens (tertiary/aromatic N) is 2. The molecule has 0 amide bonds. The zero-order valence-corrected chi connectivity index (χ0v) is 12.5. The number of hydrogen-bond acceptors (Lipinski definition) is 3. The lowest BCUT2D eigenvalue weighted by atomic mass is 10.0. The lowest BCUT2D eigenvalue weighted by Gasteiger charge is -2.39. The van der Waals surface area contributed by atoms with Gasteiger partial charge in [-0.25, -0.2) is 0 Å². The predicted molar refractivity (Wildman–Crippen MR) is 78.0 cm³/mol. The molecule has 1 aliphatic heterocycles. The van der Waals surface area contributed by atoms with Gasteiger partial charge in [-0.2, -0.15) is 0 Å². The molecule has 0 spiro atoms. The molecule has 2 aliphatic rings. The second-order valence-electron chi connectivity index (χ2n) is 6.36. The van der Waals surface area contributed by atoms with Crippen molar-refractivity contribution in [3.8, 4) is 0 Å². The fourth-order valence-corrected chi connectivity index (χ4v) is 3.10. The molecule has 2 fully saturated rings. The first-order chi connectivity index (χ1) is 8.70. The zero-order valence-electron chi connectivity index (χ0n) is 12.5. The molecule has 0 aromatic rings. The van der Waals surface area contributed by atoms with Gasteiger partial charge in [-0.3, -0.25) is 4.90 Å². The molecule has 1 saturated heterocycles. The van der Waals surface area contributed by atoms with Gasteiger partial charge in [0.2, 0.25) is 0 Å². The standard InChI is InChI=1S/C15H31N3/c1-4-5-15(12-16-13-6-7-13)18-10-8-14(9-11-18)17(2)3/h13-16H,4-12H2,1-3H3. The average molecular weight is 253 g/mol. The van der Waals surface area contributed by atoms with Gasteiger partial charge in [0.05, 0.1) is 0 Å². The van der Waals surface area contributed by atoms with Crippen molar-refractivity contribution in [3.05, 3.63) is 0 Å². The van der Waals surface area contributed by atoms with Crippen LogP contribution in [0, 0.1) is 0 Å². The van der Waals surface area contributed by atoms with Crippen LogP contribution in [-0.2, 0) is 0 Å². The third-order valence-corrected chi connectivity index (χ3v) is 4.59. The van der Waals surface area contributed by atoms with E-state index in [1.165, 1.54) is 58.2 Å². The predicted octanol–water partition coefficient (Wildman–Crippen LogP) is 1.93. The molecule has 1 heterocycles. The quantitative estimate of drug-likeness (QED) is 0.748. The second kappa shape index (κ2) is 6.88. The van der Waals surface area contributed by atoms with Crippen LogP contribution < -0.4 is 5.32 Å². The van der Waals surface area contributed by atoms with E-state index in [2.05, 4.69) is 36.1 Å². The van der Waals surface area contributed by atoms with Crippen LogP contribution in [0.1, 0.15) is 45.4 Å². The summed E-state index contributed by atoms with van der Waals surface area (Å²) < 4.78 is 0. The van der Waals surface area contributed by atoms with Crippen molar-refractivity contribution in [1.82, 2.24) is 15.1 Å². The van der Waals surface area contributed by atoms with Crippen molar-refractivity contribution < 1.29 is 0 Å².